The third-order valence-electron chi connectivity index (χ3n) is 5.74. The van der Waals surface area contributed by atoms with E-state index in [1.807, 2.05) is 32.0 Å². The molecule has 2 aromatic carbocycles. The predicted molar refractivity (Wildman–Crippen MR) is 130 cm³/mol. The van der Waals surface area contributed by atoms with Gasteiger partial charge < -0.3 is 15.2 Å². The first-order valence-corrected chi connectivity index (χ1v) is 11.8. The minimum absolute atomic E-state index is 0.00317. The molecule has 0 bridgehead atoms. The number of amides is 1. The summed E-state index contributed by atoms with van der Waals surface area (Å²) in [5.41, 5.74) is -0.0811. The number of ether oxygens (including phenoxy) is 1. The minimum Gasteiger partial charge on any atom is -0.491 e. The summed E-state index contributed by atoms with van der Waals surface area (Å²) < 4.78 is 5.79. The van der Waals surface area contributed by atoms with Crippen LogP contribution in [0.25, 0.3) is 0 Å². The van der Waals surface area contributed by atoms with E-state index in [2.05, 4.69) is 22.3 Å². The molecule has 0 aromatic heterocycles. The lowest BCUT2D eigenvalue weighted by Gasteiger charge is -2.29. The van der Waals surface area contributed by atoms with Gasteiger partial charge in [-0.25, -0.2) is 0 Å². The van der Waals surface area contributed by atoms with Gasteiger partial charge >= 0.3 is 0 Å². The van der Waals surface area contributed by atoms with Crippen LogP contribution in [0.1, 0.15) is 38.7 Å². The van der Waals surface area contributed by atoms with Gasteiger partial charge in [0.1, 0.15) is 12.4 Å². The standard InChI is InChI=1S/C25H32Cl2N2O3/c1-24(2,16-19-7-4-3-5-8-19)28-23(30)17-29-13-6-11-25(31,12-14-29)18-32-20-9-10-21(26)22(27)15-20/h3-5,7-10,15,31H,6,11-14,16-18H2,1-2H3,(H,28,30). The first-order chi connectivity index (χ1) is 15.1. The van der Waals surface area contributed by atoms with Crippen molar-refractivity contribution in [3.8, 4) is 5.75 Å². The highest BCUT2D eigenvalue weighted by atomic mass is 35.5. The summed E-state index contributed by atoms with van der Waals surface area (Å²) in [7, 11) is 0. The van der Waals surface area contributed by atoms with Crippen molar-refractivity contribution in [1.82, 2.24) is 10.2 Å². The molecule has 3 rings (SSSR count). The second-order valence-corrected chi connectivity index (χ2v) is 10.1. The highest BCUT2D eigenvalue weighted by Gasteiger charge is 2.32. The van der Waals surface area contributed by atoms with Crippen molar-refractivity contribution < 1.29 is 14.6 Å². The summed E-state index contributed by atoms with van der Waals surface area (Å²) >= 11 is 12.0. The predicted octanol–water partition coefficient (Wildman–Crippen LogP) is 4.73. The largest absolute Gasteiger partial charge is 0.491 e. The van der Waals surface area contributed by atoms with Gasteiger partial charge in [-0.2, -0.15) is 0 Å². The van der Waals surface area contributed by atoms with Crippen molar-refractivity contribution in [3.05, 3.63) is 64.1 Å². The molecular formula is C25H32Cl2N2O3. The zero-order chi connectivity index (χ0) is 23.2. The number of carbonyl (C=O) groups excluding carboxylic acids is 1. The minimum atomic E-state index is -0.941. The average molecular weight is 479 g/mol. The number of benzene rings is 2. The number of aliphatic hydroxyl groups is 1. The summed E-state index contributed by atoms with van der Waals surface area (Å²) in [6.07, 6.45) is 2.72. The van der Waals surface area contributed by atoms with Gasteiger partial charge in [0.05, 0.1) is 22.2 Å². The maximum absolute atomic E-state index is 12.7. The number of likely N-dealkylation sites (tertiary alicyclic amines) is 1. The molecule has 7 heteroatoms. The van der Waals surface area contributed by atoms with Crippen LogP contribution in [0.15, 0.2) is 48.5 Å². The Bertz CT molecular complexity index is 907. The number of halogens is 2. The van der Waals surface area contributed by atoms with Gasteiger partial charge in [-0.05, 0) is 63.8 Å². The molecule has 1 aliphatic rings. The second-order valence-electron chi connectivity index (χ2n) is 9.31. The Balaban J connectivity index is 1.47. The van der Waals surface area contributed by atoms with E-state index in [4.69, 9.17) is 27.9 Å². The molecule has 0 saturated carbocycles. The molecule has 0 spiro atoms. The van der Waals surface area contributed by atoms with Crippen LogP contribution in [-0.4, -0.2) is 53.3 Å². The van der Waals surface area contributed by atoms with E-state index in [1.165, 1.54) is 5.56 Å². The molecule has 1 saturated heterocycles. The molecule has 174 valence electrons. The van der Waals surface area contributed by atoms with Crippen LogP contribution in [0.5, 0.6) is 5.75 Å². The van der Waals surface area contributed by atoms with E-state index in [-0.39, 0.29) is 18.1 Å². The molecule has 2 aromatic rings. The monoisotopic (exact) mass is 478 g/mol. The average Bonchev–Trinajstić information content (AvgIpc) is 2.90. The summed E-state index contributed by atoms with van der Waals surface area (Å²) in [6, 6.07) is 15.2. The van der Waals surface area contributed by atoms with E-state index < -0.39 is 5.60 Å². The zero-order valence-corrected chi connectivity index (χ0v) is 20.3. The van der Waals surface area contributed by atoms with Crippen LogP contribution >= 0.6 is 23.2 Å². The quantitative estimate of drug-likeness (QED) is 0.575. The Labute approximate surface area is 200 Å². The van der Waals surface area contributed by atoms with Gasteiger partial charge in [-0.1, -0.05) is 53.5 Å². The Morgan fingerprint density at radius 2 is 1.88 bits per heavy atom. The number of rotatable bonds is 8. The lowest BCUT2D eigenvalue weighted by molar-refractivity contribution is -0.123. The molecule has 2 N–H and O–H groups in total. The van der Waals surface area contributed by atoms with Crippen LogP contribution in [0.4, 0.5) is 0 Å². The normalized spacial score (nSPS) is 19.9. The van der Waals surface area contributed by atoms with Crippen LogP contribution in [0.2, 0.25) is 10.0 Å². The van der Waals surface area contributed by atoms with Crippen molar-refractivity contribution in [2.24, 2.45) is 0 Å². The number of nitrogens with one attached hydrogen (secondary N) is 1. The van der Waals surface area contributed by atoms with Crippen LogP contribution in [-0.2, 0) is 11.2 Å². The molecule has 0 aliphatic carbocycles. The number of nitrogens with zero attached hydrogens (tertiary/aromatic N) is 1. The van der Waals surface area contributed by atoms with Gasteiger partial charge in [0.15, 0.2) is 0 Å². The van der Waals surface area contributed by atoms with Gasteiger partial charge in [-0.3, -0.25) is 9.69 Å². The molecule has 1 fully saturated rings. The van der Waals surface area contributed by atoms with Crippen LogP contribution in [0, 0.1) is 0 Å². The fourth-order valence-corrected chi connectivity index (χ4v) is 4.38. The van der Waals surface area contributed by atoms with Gasteiger partial charge in [-0.15, -0.1) is 0 Å². The molecular weight excluding hydrogens is 447 g/mol. The Hall–Kier alpha value is -1.79. The van der Waals surface area contributed by atoms with E-state index in [9.17, 15) is 9.90 Å². The van der Waals surface area contributed by atoms with E-state index in [1.54, 1.807) is 18.2 Å². The summed E-state index contributed by atoms with van der Waals surface area (Å²) in [6.45, 7) is 5.98. The number of hydrogen-bond acceptors (Lipinski definition) is 4. The molecule has 5 nitrogen and oxygen atoms in total. The molecule has 0 radical (unpaired) electrons. The first kappa shape index (κ1) is 24.8. The third kappa shape index (κ3) is 7.66. The summed E-state index contributed by atoms with van der Waals surface area (Å²) in [4.78, 5) is 14.8. The smallest absolute Gasteiger partial charge is 0.234 e. The third-order valence-corrected chi connectivity index (χ3v) is 6.48. The maximum Gasteiger partial charge on any atom is 0.234 e. The van der Waals surface area contributed by atoms with E-state index in [0.717, 1.165) is 19.4 Å². The Morgan fingerprint density at radius 3 is 2.59 bits per heavy atom. The number of carbonyl (C=O) groups is 1. The molecule has 32 heavy (non-hydrogen) atoms. The maximum atomic E-state index is 12.7. The molecule has 1 aliphatic heterocycles. The van der Waals surface area contributed by atoms with Gasteiger partial charge in [0, 0.05) is 18.2 Å². The van der Waals surface area contributed by atoms with Gasteiger partial charge in [0.25, 0.3) is 0 Å². The zero-order valence-electron chi connectivity index (χ0n) is 18.7. The SMILES string of the molecule is CC(C)(Cc1ccccc1)NC(=O)CN1CCCC(O)(COc2ccc(Cl)c(Cl)c2)CC1. The number of hydrogen-bond donors (Lipinski definition) is 2. The molecule has 1 amide bonds. The van der Waals surface area contributed by atoms with Crippen molar-refractivity contribution in [2.75, 3.05) is 26.2 Å². The fraction of sp³-hybridized carbons (Fsp3) is 0.480. The van der Waals surface area contributed by atoms with Crippen molar-refractivity contribution in [2.45, 2.75) is 50.7 Å². The summed E-state index contributed by atoms with van der Waals surface area (Å²) in [5, 5.41) is 15.1. The molecule has 1 heterocycles. The highest BCUT2D eigenvalue weighted by Crippen LogP contribution is 2.28. The topological polar surface area (TPSA) is 61.8 Å². The van der Waals surface area contributed by atoms with E-state index in [0.29, 0.717) is 41.7 Å². The van der Waals surface area contributed by atoms with Crippen LogP contribution in [0.3, 0.4) is 0 Å². The first-order valence-electron chi connectivity index (χ1n) is 11.0. The molecule has 1 unspecified atom stereocenters. The molecule has 1 atom stereocenters. The Kier molecular flexibility index (Phi) is 8.45. The summed E-state index contributed by atoms with van der Waals surface area (Å²) in [5.74, 6) is 0.581. The van der Waals surface area contributed by atoms with Crippen LogP contribution < -0.4 is 10.1 Å². The Morgan fingerprint density at radius 1 is 1.12 bits per heavy atom. The lowest BCUT2D eigenvalue weighted by Crippen LogP contribution is -2.49. The fourth-order valence-electron chi connectivity index (χ4n) is 4.09. The van der Waals surface area contributed by atoms with Crippen molar-refractivity contribution in [3.63, 3.8) is 0 Å². The van der Waals surface area contributed by atoms with Crippen molar-refractivity contribution in [1.29, 1.82) is 0 Å². The van der Waals surface area contributed by atoms with E-state index >= 15 is 0 Å². The van der Waals surface area contributed by atoms with Crippen molar-refractivity contribution >= 4 is 29.1 Å². The van der Waals surface area contributed by atoms with Gasteiger partial charge in [0.2, 0.25) is 5.91 Å². The lowest BCUT2D eigenvalue weighted by atomic mass is 9.95. The highest BCUT2D eigenvalue weighted by molar-refractivity contribution is 6.42. The second kappa shape index (κ2) is 10.9.